The van der Waals surface area contributed by atoms with E-state index in [0.717, 1.165) is 19.3 Å². The van der Waals surface area contributed by atoms with Gasteiger partial charge in [0.05, 0.1) is 18.3 Å². The van der Waals surface area contributed by atoms with Gasteiger partial charge in [-0.1, -0.05) is 47.5 Å². The fraction of sp³-hybridized carbons (Fsp3) is 1.00. The summed E-state index contributed by atoms with van der Waals surface area (Å²) in [4.78, 5) is 0. The van der Waals surface area contributed by atoms with Gasteiger partial charge in [0.1, 0.15) is 0 Å². The zero-order valence-electron chi connectivity index (χ0n) is 18.8. The molecule has 0 rings (SSSR count). The van der Waals surface area contributed by atoms with Crippen LogP contribution >= 0.6 is 0 Å². The molecule has 0 spiro atoms. The van der Waals surface area contributed by atoms with E-state index in [9.17, 15) is 21.9 Å². The Morgan fingerprint density at radius 2 is 1.37 bits per heavy atom. The highest BCUT2D eigenvalue weighted by atomic mass is 32.3. The van der Waals surface area contributed by atoms with Gasteiger partial charge in [-0.3, -0.25) is 9.11 Å². The average Bonchev–Trinajstić information content (AvgIpc) is 2.54. The molecule has 0 saturated heterocycles. The summed E-state index contributed by atoms with van der Waals surface area (Å²) in [6.45, 7) is 10.7. The molecule has 0 aromatic carbocycles. The SMILES string of the molecule is CC(C)CCC(OS(=O)(=O)O)C(C)CO.CC(C)CCCC(C)(O)COS(=O)(=O)O. The summed E-state index contributed by atoms with van der Waals surface area (Å²) in [5.41, 5.74) is -1.22. The summed E-state index contributed by atoms with van der Waals surface area (Å²) in [5.74, 6) is 0.650. The second-order valence-electron chi connectivity index (χ2n) is 8.67. The molecule has 3 unspecified atom stereocenters. The number of rotatable bonds is 14. The maximum Gasteiger partial charge on any atom is 0.397 e. The van der Waals surface area contributed by atoms with E-state index in [1.165, 1.54) is 6.92 Å². The molecular formula is C18H40O10S2. The summed E-state index contributed by atoms with van der Waals surface area (Å²) in [7, 11) is -8.90. The Bertz CT molecular complexity index is 642. The quantitative estimate of drug-likeness (QED) is 0.271. The topological polar surface area (TPSA) is 168 Å². The molecule has 0 saturated carbocycles. The van der Waals surface area contributed by atoms with Crippen LogP contribution in [0, 0.1) is 17.8 Å². The molecule has 4 N–H and O–H groups in total. The fourth-order valence-corrected chi connectivity index (χ4v) is 3.36. The smallest absolute Gasteiger partial charge is 0.396 e. The molecule has 0 aliphatic rings. The predicted octanol–water partition coefficient (Wildman–Crippen LogP) is 2.62. The van der Waals surface area contributed by atoms with Gasteiger partial charge in [-0.15, -0.1) is 0 Å². The van der Waals surface area contributed by atoms with Crippen molar-refractivity contribution in [1.29, 1.82) is 0 Å². The maximum absolute atomic E-state index is 10.6. The molecule has 3 atom stereocenters. The highest BCUT2D eigenvalue weighted by Crippen LogP contribution is 2.18. The van der Waals surface area contributed by atoms with Gasteiger partial charge in [-0.25, -0.2) is 8.37 Å². The molecule has 12 heteroatoms. The fourth-order valence-electron chi connectivity index (χ4n) is 2.36. The lowest BCUT2D eigenvalue weighted by atomic mass is 9.97. The van der Waals surface area contributed by atoms with Crippen molar-refractivity contribution in [3.05, 3.63) is 0 Å². The van der Waals surface area contributed by atoms with Gasteiger partial charge in [0.15, 0.2) is 0 Å². The van der Waals surface area contributed by atoms with Gasteiger partial charge < -0.3 is 10.2 Å². The summed E-state index contributed by atoms with van der Waals surface area (Å²) in [5, 5.41) is 18.6. The normalized spacial score (nSPS) is 16.7. The molecule has 0 aromatic rings. The molecule has 0 radical (unpaired) electrons. The summed E-state index contributed by atoms with van der Waals surface area (Å²) in [6, 6.07) is 0. The lowest BCUT2D eigenvalue weighted by Gasteiger charge is -2.22. The van der Waals surface area contributed by atoms with E-state index in [0.29, 0.717) is 24.7 Å². The monoisotopic (exact) mass is 480 g/mol. The number of aliphatic hydroxyl groups is 2. The first-order valence-electron chi connectivity index (χ1n) is 9.99. The van der Waals surface area contributed by atoms with Crippen LogP contribution in [0.3, 0.4) is 0 Å². The Balaban J connectivity index is 0. The van der Waals surface area contributed by atoms with Crippen LogP contribution in [-0.2, 0) is 29.2 Å². The molecule has 0 fully saturated rings. The number of hydrogen-bond donors (Lipinski definition) is 4. The third kappa shape index (κ3) is 22.3. The third-order valence-electron chi connectivity index (χ3n) is 4.21. The van der Waals surface area contributed by atoms with Crippen LogP contribution in [0.15, 0.2) is 0 Å². The minimum absolute atomic E-state index is 0.168. The first kappa shape index (κ1) is 31.8. The highest BCUT2D eigenvalue weighted by molar-refractivity contribution is 7.81. The molecular weight excluding hydrogens is 440 g/mol. The van der Waals surface area contributed by atoms with E-state index in [2.05, 4.69) is 22.2 Å². The van der Waals surface area contributed by atoms with Gasteiger partial charge >= 0.3 is 20.8 Å². The standard InChI is InChI=1S/2C9H20O5S/c1-7(2)4-5-9(8(3)6-10)14-15(11,12)13;1-8(2)5-4-6-9(3,10)7-14-15(11,12)13/h7-10H,4-6H2,1-3H3,(H,11,12,13);8,10H,4-7H2,1-3H3,(H,11,12,13). The maximum atomic E-state index is 10.6. The zero-order valence-corrected chi connectivity index (χ0v) is 20.4. The van der Waals surface area contributed by atoms with Crippen molar-refractivity contribution in [3.63, 3.8) is 0 Å². The molecule has 184 valence electrons. The lowest BCUT2D eigenvalue weighted by Crippen LogP contribution is -2.31. The van der Waals surface area contributed by atoms with Crippen LogP contribution in [0.1, 0.15) is 73.6 Å². The van der Waals surface area contributed by atoms with Crippen LogP contribution in [0.4, 0.5) is 0 Å². The van der Waals surface area contributed by atoms with Crippen LogP contribution < -0.4 is 0 Å². The van der Waals surface area contributed by atoms with Crippen molar-refractivity contribution in [2.45, 2.75) is 85.4 Å². The zero-order chi connectivity index (χ0) is 24.2. The predicted molar refractivity (Wildman–Crippen MR) is 114 cm³/mol. The van der Waals surface area contributed by atoms with E-state index in [1.54, 1.807) is 6.92 Å². The van der Waals surface area contributed by atoms with E-state index in [4.69, 9.17) is 14.2 Å². The Morgan fingerprint density at radius 3 is 1.73 bits per heavy atom. The molecule has 0 bridgehead atoms. The van der Waals surface area contributed by atoms with E-state index < -0.39 is 39.1 Å². The van der Waals surface area contributed by atoms with Gasteiger partial charge in [0.25, 0.3) is 0 Å². The highest BCUT2D eigenvalue weighted by Gasteiger charge is 2.24. The summed E-state index contributed by atoms with van der Waals surface area (Å²) >= 11 is 0. The molecule has 30 heavy (non-hydrogen) atoms. The van der Waals surface area contributed by atoms with E-state index in [1.807, 2.05) is 13.8 Å². The Morgan fingerprint density at radius 1 is 0.867 bits per heavy atom. The van der Waals surface area contributed by atoms with Crippen molar-refractivity contribution in [2.75, 3.05) is 13.2 Å². The summed E-state index contributed by atoms with van der Waals surface area (Å²) in [6.07, 6.45) is 2.82. The van der Waals surface area contributed by atoms with Crippen molar-refractivity contribution < 1.29 is 44.5 Å². The lowest BCUT2D eigenvalue weighted by molar-refractivity contribution is 0.000328. The van der Waals surface area contributed by atoms with Crippen LogP contribution in [0.5, 0.6) is 0 Å². The van der Waals surface area contributed by atoms with Gasteiger partial charge in [-0.2, -0.15) is 16.8 Å². The molecule has 0 aliphatic carbocycles. The molecule has 0 heterocycles. The molecule has 0 aliphatic heterocycles. The Kier molecular flexibility index (Phi) is 15.6. The van der Waals surface area contributed by atoms with Crippen molar-refractivity contribution in [1.82, 2.24) is 0 Å². The van der Waals surface area contributed by atoms with Crippen LogP contribution in [0.25, 0.3) is 0 Å². The Hall–Kier alpha value is -0.340. The van der Waals surface area contributed by atoms with Gasteiger partial charge in [0, 0.05) is 12.5 Å². The molecule has 0 amide bonds. The number of hydrogen-bond acceptors (Lipinski definition) is 8. The van der Waals surface area contributed by atoms with Crippen LogP contribution in [0.2, 0.25) is 0 Å². The minimum atomic E-state index is -4.46. The molecule has 0 aromatic heterocycles. The van der Waals surface area contributed by atoms with E-state index >= 15 is 0 Å². The second-order valence-corrected chi connectivity index (χ2v) is 10.8. The summed E-state index contributed by atoms with van der Waals surface area (Å²) < 4.78 is 67.2. The molecule has 10 nitrogen and oxygen atoms in total. The van der Waals surface area contributed by atoms with Crippen LogP contribution in [-0.4, -0.2) is 61.1 Å². The van der Waals surface area contributed by atoms with Gasteiger partial charge in [-0.05, 0) is 38.0 Å². The van der Waals surface area contributed by atoms with Crippen molar-refractivity contribution >= 4 is 20.8 Å². The first-order chi connectivity index (χ1) is 13.4. The Labute approximate surface area is 181 Å². The van der Waals surface area contributed by atoms with E-state index in [-0.39, 0.29) is 12.5 Å². The van der Waals surface area contributed by atoms with Gasteiger partial charge in [0.2, 0.25) is 0 Å². The largest absolute Gasteiger partial charge is 0.397 e. The number of aliphatic hydroxyl groups excluding tert-OH is 1. The third-order valence-corrected chi connectivity index (χ3v) is 5.12. The van der Waals surface area contributed by atoms with Crippen molar-refractivity contribution in [2.24, 2.45) is 17.8 Å². The second kappa shape index (κ2) is 14.7. The van der Waals surface area contributed by atoms with Crippen molar-refractivity contribution in [3.8, 4) is 0 Å². The average molecular weight is 481 g/mol. The first-order valence-corrected chi connectivity index (χ1v) is 12.7. The minimum Gasteiger partial charge on any atom is -0.396 e.